The molecule has 3 rings (SSSR count). The van der Waals surface area contributed by atoms with Gasteiger partial charge in [-0.05, 0) is 56.5 Å². The largest absolute Gasteiger partial charge is 0.452 e. The lowest BCUT2D eigenvalue weighted by Crippen LogP contribution is -2.21. The maximum atomic E-state index is 12.2. The van der Waals surface area contributed by atoms with Gasteiger partial charge in [-0.1, -0.05) is 35.1 Å². The number of thiazole rings is 1. The van der Waals surface area contributed by atoms with Gasteiger partial charge in [0.05, 0.1) is 15.8 Å². The standard InChI is InChI=1S/C20H20N2O3S/c1-11-5-6-13(3)15(8-11)19(24)25-10-17(23)21-20-22-18-14(4)7-12(2)9-16(18)26-20/h5-9H,10H2,1-4H3,(H,21,22,23). The fraction of sp³-hybridized carbons (Fsp3) is 0.250. The highest BCUT2D eigenvalue weighted by Crippen LogP contribution is 2.29. The zero-order chi connectivity index (χ0) is 18.8. The highest BCUT2D eigenvalue weighted by atomic mass is 32.1. The van der Waals surface area contributed by atoms with E-state index in [9.17, 15) is 9.59 Å². The van der Waals surface area contributed by atoms with Crippen molar-refractivity contribution in [3.05, 3.63) is 58.1 Å². The Morgan fingerprint density at radius 2 is 1.81 bits per heavy atom. The molecule has 0 saturated heterocycles. The molecule has 5 nitrogen and oxygen atoms in total. The SMILES string of the molecule is Cc1ccc(C)c(C(=O)OCC(=O)Nc2nc3c(C)cc(C)cc3s2)c1. The molecule has 1 amide bonds. The van der Waals surface area contributed by atoms with Crippen molar-refractivity contribution >= 4 is 38.6 Å². The second-order valence-corrected chi connectivity index (χ2v) is 7.42. The molecule has 0 spiro atoms. The van der Waals surface area contributed by atoms with Gasteiger partial charge in [-0.15, -0.1) is 0 Å². The zero-order valence-electron chi connectivity index (χ0n) is 15.2. The van der Waals surface area contributed by atoms with E-state index in [4.69, 9.17) is 4.74 Å². The van der Waals surface area contributed by atoms with Gasteiger partial charge in [0.1, 0.15) is 0 Å². The van der Waals surface area contributed by atoms with Gasteiger partial charge in [0.2, 0.25) is 0 Å². The minimum Gasteiger partial charge on any atom is -0.452 e. The molecule has 1 N–H and O–H groups in total. The number of ether oxygens (including phenoxy) is 1. The second-order valence-electron chi connectivity index (χ2n) is 6.39. The van der Waals surface area contributed by atoms with E-state index in [1.807, 2.05) is 45.9 Å². The summed E-state index contributed by atoms with van der Waals surface area (Å²) >= 11 is 1.41. The Morgan fingerprint density at radius 3 is 2.58 bits per heavy atom. The van der Waals surface area contributed by atoms with Crippen molar-refractivity contribution in [3.8, 4) is 0 Å². The Hall–Kier alpha value is -2.73. The number of amides is 1. The van der Waals surface area contributed by atoms with Crippen LogP contribution in [0.25, 0.3) is 10.2 Å². The van der Waals surface area contributed by atoms with Crippen LogP contribution in [0.3, 0.4) is 0 Å². The van der Waals surface area contributed by atoms with Crippen molar-refractivity contribution in [2.75, 3.05) is 11.9 Å². The van der Waals surface area contributed by atoms with Crippen LogP contribution in [0.1, 0.15) is 32.6 Å². The monoisotopic (exact) mass is 368 g/mol. The van der Waals surface area contributed by atoms with Gasteiger partial charge in [-0.2, -0.15) is 0 Å². The lowest BCUT2D eigenvalue weighted by atomic mass is 10.1. The normalized spacial score (nSPS) is 10.8. The summed E-state index contributed by atoms with van der Waals surface area (Å²) in [7, 11) is 0. The van der Waals surface area contributed by atoms with Crippen molar-refractivity contribution in [2.24, 2.45) is 0 Å². The van der Waals surface area contributed by atoms with Gasteiger partial charge in [0.25, 0.3) is 5.91 Å². The van der Waals surface area contributed by atoms with Crippen LogP contribution in [0.15, 0.2) is 30.3 Å². The molecule has 0 aliphatic rings. The van der Waals surface area contributed by atoms with E-state index < -0.39 is 11.9 Å². The van der Waals surface area contributed by atoms with E-state index in [0.717, 1.165) is 32.5 Å². The maximum absolute atomic E-state index is 12.2. The first-order valence-corrected chi connectivity index (χ1v) is 9.07. The van der Waals surface area contributed by atoms with E-state index in [2.05, 4.69) is 16.4 Å². The number of fused-ring (bicyclic) bond motifs is 1. The van der Waals surface area contributed by atoms with Crippen molar-refractivity contribution in [3.63, 3.8) is 0 Å². The van der Waals surface area contributed by atoms with Crippen LogP contribution in [0.5, 0.6) is 0 Å². The summed E-state index contributed by atoms with van der Waals surface area (Å²) in [5.41, 5.74) is 5.36. The Bertz CT molecular complexity index is 1010. The van der Waals surface area contributed by atoms with Gasteiger partial charge in [-0.3, -0.25) is 10.1 Å². The first kappa shape index (κ1) is 18.1. The first-order valence-electron chi connectivity index (χ1n) is 8.25. The molecule has 2 aromatic carbocycles. The molecule has 0 saturated carbocycles. The number of rotatable bonds is 4. The second kappa shape index (κ2) is 7.25. The molecule has 0 bridgehead atoms. The highest BCUT2D eigenvalue weighted by molar-refractivity contribution is 7.22. The minimum absolute atomic E-state index is 0.347. The molecule has 6 heteroatoms. The lowest BCUT2D eigenvalue weighted by Gasteiger charge is -2.07. The molecule has 26 heavy (non-hydrogen) atoms. The molecule has 0 atom stereocenters. The Balaban J connectivity index is 1.65. The Kier molecular flexibility index (Phi) is 5.04. The summed E-state index contributed by atoms with van der Waals surface area (Å²) in [4.78, 5) is 28.7. The van der Waals surface area contributed by atoms with Crippen LogP contribution in [0, 0.1) is 27.7 Å². The number of aryl methyl sites for hydroxylation is 4. The number of hydrogen-bond acceptors (Lipinski definition) is 5. The van der Waals surface area contributed by atoms with Crippen molar-refractivity contribution in [1.29, 1.82) is 0 Å². The number of hydrogen-bond donors (Lipinski definition) is 1. The Morgan fingerprint density at radius 1 is 1.04 bits per heavy atom. The third kappa shape index (κ3) is 3.91. The molecule has 0 aliphatic carbocycles. The fourth-order valence-electron chi connectivity index (χ4n) is 2.74. The van der Waals surface area contributed by atoms with Gasteiger partial charge in [-0.25, -0.2) is 9.78 Å². The maximum Gasteiger partial charge on any atom is 0.338 e. The van der Waals surface area contributed by atoms with Crippen LogP contribution in [0.2, 0.25) is 0 Å². The molecule has 0 fully saturated rings. The van der Waals surface area contributed by atoms with Crippen LogP contribution < -0.4 is 5.32 Å². The van der Waals surface area contributed by atoms with Gasteiger partial charge in [0.15, 0.2) is 11.7 Å². The van der Waals surface area contributed by atoms with Gasteiger partial charge >= 0.3 is 5.97 Å². The van der Waals surface area contributed by atoms with E-state index in [1.165, 1.54) is 11.3 Å². The van der Waals surface area contributed by atoms with Crippen molar-refractivity contribution in [1.82, 2.24) is 4.98 Å². The van der Waals surface area contributed by atoms with E-state index in [1.54, 1.807) is 6.07 Å². The smallest absolute Gasteiger partial charge is 0.338 e. The molecular formula is C20H20N2O3S. The number of nitrogens with zero attached hydrogens (tertiary/aromatic N) is 1. The van der Waals surface area contributed by atoms with E-state index >= 15 is 0 Å². The molecular weight excluding hydrogens is 348 g/mol. The molecule has 3 aromatic rings. The number of nitrogens with one attached hydrogen (secondary N) is 1. The number of anilines is 1. The number of carbonyl (C=O) groups excluding carboxylic acids is 2. The molecule has 134 valence electrons. The quantitative estimate of drug-likeness (QED) is 0.696. The molecule has 1 aromatic heterocycles. The Labute approximate surface area is 156 Å². The average molecular weight is 368 g/mol. The summed E-state index contributed by atoms with van der Waals surface area (Å²) in [6.45, 7) is 7.41. The zero-order valence-corrected chi connectivity index (χ0v) is 16.0. The third-order valence-electron chi connectivity index (χ3n) is 4.02. The summed E-state index contributed by atoms with van der Waals surface area (Å²) in [6, 6.07) is 9.64. The predicted molar refractivity (Wildman–Crippen MR) is 104 cm³/mol. The van der Waals surface area contributed by atoms with Crippen LogP contribution in [0.4, 0.5) is 5.13 Å². The molecule has 0 unspecified atom stereocenters. The summed E-state index contributed by atoms with van der Waals surface area (Å²) in [5, 5.41) is 3.20. The molecule has 0 aliphatic heterocycles. The van der Waals surface area contributed by atoms with Gasteiger partial charge < -0.3 is 4.74 Å². The highest BCUT2D eigenvalue weighted by Gasteiger charge is 2.14. The van der Waals surface area contributed by atoms with E-state index in [0.29, 0.717) is 10.7 Å². The summed E-state index contributed by atoms with van der Waals surface area (Å²) in [5.74, 6) is -0.908. The van der Waals surface area contributed by atoms with Crippen molar-refractivity contribution in [2.45, 2.75) is 27.7 Å². The number of benzene rings is 2. The third-order valence-corrected chi connectivity index (χ3v) is 4.94. The first-order chi connectivity index (χ1) is 12.3. The van der Waals surface area contributed by atoms with Crippen LogP contribution in [-0.4, -0.2) is 23.5 Å². The summed E-state index contributed by atoms with van der Waals surface area (Å²) < 4.78 is 6.16. The topological polar surface area (TPSA) is 68.3 Å². The minimum atomic E-state index is -0.503. The lowest BCUT2D eigenvalue weighted by molar-refractivity contribution is -0.119. The summed E-state index contributed by atoms with van der Waals surface area (Å²) in [6.07, 6.45) is 0. The molecule has 0 radical (unpaired) electrons. The number of esters is 1. The van der Waals surface area contributed by atoms with Gasteiger partial charge in [0, 0.05) is 0 Å². The number of carbonyl (C=O) groups is 2. The average Bonchev–Trinajstić information content (AvgIpc) is 2.97. The number of aromatic nitrogens is 1. The van der Waals surface area contributed by atoms with Crippen molar-refractivity contribution < 1.29 is 14.3 Å². The van der Waals surface area contributed by atoms with Crippen LogP contribution in [-0.2, 0) is 9.53 Å². The fourth-order valence-corrected chi connectivity index (χ4v) is 3.80. The van der Waals surface area contributed by atoms with Crippen LogP contribution >= 0.6 is 11.3 Å². The molecule has 1 heterocycles. The predicted octanol–water partition coefficient (Wildman–Crippen LogP) is 4.33. The van der Waals surface area contributed by atoms with E-state index in [-0.39, 0.29) is 6.61 Å².